The second-order valence-corrected chi connectivity index (χ2v) is 5.05. The van der Waals surface area contributed by atoms with E-state index in [9.17, 15) is 0 Å². The summed E-state index contributed by atoms with van der Waals surface area (Å²) in [5.74, 6) is 1.90. The van der Waals surface area contributed by atoms with Gasteiger partial charge in [-0.15, -0.1) is 0 Å². The van der Waals surface area contributed by atoms with Gasteiger partial charge in [-0.25, -0.2) is 4.99 Å². The molecule has 0 radical (unpaired) electrons. The highest BCUT2D eigenvalue weighted by Crippen LogP contribution is 2.28. The highest BCUT2D eigenvalue weighted by atomic mass is 16.5. The van der Waals surface area contributed by atoms with Crippen LogP contribution in [0.25, 0.3) is 0 Å². The topological polar surface area (TPSA) is 45.7 Å². The van der Waals surface area contributed by atoms with Gasteiger partial charge in [-0.1, -0.05) is 31.5 Å². The van der Waals surface area contributed by atoms with Crippen molar-refractivity contribution in [1.82, 2.24) is 10.6 Å². The number of fused-ring (bicyclic) bond motifs is 1. The Morgan fingerprint density at radius 3 is 2.90 bits per heavy atom. The number of nitrogens with one attached hydrogen (secondary N) is 2. The Kier molecular flexibility index (Phi) is 5.71. The minimum atomic E-state index is 0.161. The van der Waals surface area contributed by atoms with E-state index in [0.717, 1.165) is 37.6 Å². The Balaban J connectivity index is 1.84. The van der Waals surface area contributed by atoms with Gasteiger partial charge in [0, 0.05) is 19.5 Å². The Morgan fingerprint density at radius 2 is 2.15 bits per heavy atom. The maximum Gasteiger partial charge on any atom is 0.191 e. The minimum absolute atomic E-state index is 0.161. The fraction of sp³-hybridized carbons (Fsp3) is 0.562. The minimum Gasteiger partial charge on any atom is -0.488 e. The molecule has 1 aliphatic heterocycles. The zero-order chi connectivity index (χ0) is 14.2. The first-order valence-electron chi connectivity index (χ1n) is 7.60. The summed E-state index contributed by atoms with van der Waals surface area (Å²) in [4.78, 5) is 4.62. The number of rotatable bonds is 6. The van der Waals surface area contributed by atoms with E-state index in [1.165, 1.54) is 12.0 Å². The van der Waals surface area contributed by atoms with E-state index >= 15 is 0 Å². The van der Waals surface area contributed by atoms with Crippen LogP contribution in [0.2, 0.25) is 0 Å². The van der Waals surface area contributed by atoms with Crippen LogP contribution < -0.4 is 15.4 Å². The molecule has 0 aromatic heterocycles. The Labute approximate surface area is 121 Å². The Bertz CT molecular complexity index is 420. The van der Waals surface area contributed by atoms with E-state index < -0.39 is 0 Å². The van der Waals surface area contributed by atoms with Crippen molar-refractivity contribution >= 4 is 5.96 Å². The predicted molar refractivity (Wildman–Crippen MR) is 83.5 cm³/mol. The second kappa shape index (κ2) is 7.78. The number of hydrogen-bond acceptors (Lipinski definition) is 2. The molecule has 0 saturated heterocycles. The zero-order valence-electron chi connectivity index (χ0n) is 12.5. The third-order valence-corrected chi connectivity index (χ3v) is 3.33. The van der Waals surface area contributed by atoms with E-state index in [4.69, 9.17) is 4.74 Å². The van der Waals surface area contributed by atoms with Gasteiger partial charge < -0.3 is 15.4 Å². The highest BCUT2D eigenvalue weighted by molar-refractivity contribution is 5.79. The van der Waals surface area contributed by atoms with Crippen LogP contribution in [-0.4, -0.2) is 31.7 Å². The maximum absolute atomic E-state index is 5.90. The summed E-state index contributed by atoms with van der Waals surface area (Å²) in [6, 6.07) is 8.23. The van der Waals surface area contributed by atoms with Crippen LogP contribution in [0.1, 0.15) is 32.3 Å². The number of hydrogen-bond donors (Lipinski definition) is 2. The molecule has 0 amide bonds. The molecule has 1 aromatic carbocycles. The van der Waals surface area contributed by atoms with Crippen LogP contribution in [0.15, 0.2) is 29.3 Å². The van der Waals surface area contributed by atoms with E-state index in [1.807, 2.05) is 12.1 Å². The lowest BCUT2D eigenvalue weighted by atomic mass is 10.1. The van der Waals surface area contributed by atoms with Crippen molar-refractivity contribution in [2.24, 2.45) is 4.99 Å². The number of guanidine groups is 1. The summed E-state index contributed by atoms with van der Waals surface area (Å²) in [5, 5.41) is 6.62. The lowest BCUT2D eigenvalue weighted by molar-refractivity contribution is 0.241. The molecule has 1 unspecified atom stereocenters. The summed E-state index contributed by atoms with van der Waals surface area (Å²) in [6.07, 6.45) is 3.46. The summed E-state index contributed by atoms with van der Waals surface area (Å²) < 4.78 is 5.90. The number of benzene rings is 1. The van der Waals surface area contributed by atoms with E-state index in [1.54, 1.807) is 0 Å². The van der Waals surface area contributed by atoms with Crippen molar-refractivity contribution < 1.29 is 4.74 Å². The fourth-order valence-corrected chi connectivity index (χ4v) is 2.27. The summed E-state index contributed by atoms with van der Waals surface area (Å²) >= 11 is 0. The average Bonchev–Trinajstić information content (AvgIpc) is 2.87. The molecule has 1 heterocycles. The number of para-hydroxylation sites is 1. The van der Waals surface area contributed by atoms with Gasteiger partial charge in [-0.3, -0.25) is 0 Å². The molecule has 110 valence electrons. The van der Waals surface area contributed by atoms with Crippen LogP contribution in [0, 0.1) is 0 Å². The molecular formula is C16H25N3O. The van der Waals surface area contributed by atoms with Crippen molar-refractivity contribution in [3.63, 3.8) is 0 Å². The number of aliphatic imine (C=N–C) groups is 1. The maximum atomic E-state index is 5.90. The van der Waals surface area contributed by atoms with Gasteiger partial charge in [-0.2, -0.15) is 0 Å². The van der Waals surface area contributed by atoms with Crippen molar-refractivity contribution in [1.29, 1.82) is 0 Å². The highest BCUT2D eigenvalue weighted by Gasteiger charge is 2.21. The molecule has 4 nitrogen and oxygen atoms in total. The van der Waals surface area contributed by atoms with Crippen molar-refractivity contribution in [3.8, 4) is 5.75 Å². The molecule has 0 saturated carbocycles. The third-order valence-electron chi connectivity index (χ3n) is 3.33. The summed E-state index contributed by atoms with van der Waals surface area (Å²) in [5.41, 5.74) is 1.29. The largest absolute Gasteiger partial charge is 0.488 e. The van der Waals surface area contributed by atoms with E-state index in [0.29, 0.717) is 6.54 Å². The molecule has 0 fully saturated rings. The van der Waals surface area contributed by atoms with Gasteiger partial charge in [0.05, 0.1) is 6.54 Å². The van der Waals surface area contributed by atoms with Crippen molar-refractivity contribution in [2.45, 2.75) is 39.2 Å². The molecule has 4 heteroatoms. The van der Waals surface area contributed by atoms with Gasteiger partial charge in [-0.05, 0) is 25.0 Å². The van der Waals surface area contributed by atoms with Gasteiger partial charge >= 0.3 is 0 Å². The molecule has 2 rings (SSSR count). The Morgan fingerprint density at radius 1 is 1.30 bits per heavy atom. The van der Waals surface area contributed by atoms with Crippen molar-refractivity contribution in [2.75, 3.05) is 19.6 Å². The molecule has 0 bridgehead atoms. The van der Waals surface area contributed by atoms with Gasteiger partial charge in [0.15, 0.2) is 5.96 Å². The first-order valence-corrected chi connectivity index (χ1v) is 7.60. The molecule has 0 aliphatic carbocycles. The molecule has 1 aliphatic rings. The fourth-order valence-electron chi connectivity index (χ4n) is 2.27. The van der Waals surface area contributed by atoms with Crippen LogP contribution in [0.5, 0.6) is 5.75 Å². The van der Waals surface area contributed by atoms with Gasteiger partial charge in [0.2, 0.25) is 0 Å². The van der Waals surface area contributed by atoms with Crippen LogP contribution >= 0.6 is 0 Å². The summed E-state index contributed by atoms with van der Waals surface area (Å²) in [7, 11) is 0. The first-order chi connectivity index (χ1) is 9.83. The monoisotopic (exact) mass is 275 g/mol. The van der Waals surface area contributed by atoms with E-state index in [2.05, 4.69) is 41.6 Å². The van der Waals surface area contributed by atoms with Crippen LogP contribution in [-0.2, 0) is 6.42 Å². The quantitative estimate of drug-likeness (QED) is 0.476. The van der Waals surface area contributed by atoms with Gasteiger partial charge in [0.25, 0.3) is 0 Å². The van der Waals surface area contributed by atoms with Crippen LogP contribution in [0.3, 0.4) is 0 Å². The lowest BCUT2D eigenvalue weighted by Crippen LogP contribution is -2.38. The molecule has 0 spiro atoms. The molecule has 1 atom stereocenters. The average molecular weight is 275 g/mol. The van der Waals surface area contributed by atoms with E-state index in [-0.39, 0.29) is 6.10 Å². The first kappa shape index (κ1) is 14.7. The number of nitrogens with zero attached hydrogens (tertiary/aromatic N) is 1. The standard InChI is InChI=1S/C16H25N3O/c1-3-5-10-18-16(17-4-2)19-12-14-11-13-8-6-7-9-15(13)20-14/h6-9,14H,3-5,10-12H2,1-2H3,(H2,17,18,19). The number of ether oxygens (including phenoxy) is 1. The SMILES string of the molecule is CCCCNC(=NCC1Cc2ccccc2O1)NCC. The predicted octanol–water partition coefficient (Wildman–Crippen LogP) is 2.35. The van der Waals surface area contributed by atoms with Crippen LogP contribution in [0.4, 0.5) is 0 Å². The number of unbranched alkanes of at least 4 members (excludes halogenated alkanes) is 1. The van der Waals surface area contributed by atoms with Crippen molar-refractivity contribution in [3.05, 3.63) is 29.8 Å². The molecule has 20 heavy (non-hydrogen) atoms. The lowest BCUT2D eigenvalue weighted by Gasteiger charge is -2.13. The Hall–Kier alpha value is -1.71. The second-order valence-electron chi connectivity index (χ2n) is 5.05. The molecule has 1 aromatic rings. The molecular weight excluding hydrogens is 250 g/mol. The third kappa shape index (κ3) is 4.15. The normalized spacial score (nSPS) is 17.5. The molecule has 2 N–H and O–H groups in total. The smallest absolute Gasteiger partial charge is 0.191 e. The summed E-state index contributed by atoms with van der Waals surface area (Å²) in [6.45, 7) is 6.81. The van der Waals surface area contributed by atoms with Gasteiger partial charge in [0.1, 0.15) is 11.9 Å². The zero-order valence-corrected chi connectivity index (χ0v) is 12.5.